The number of aromatic nitrogens is 1. The summed E-state index contributed by atoms with van der Waals surface area (Å²) in [5.74, 6) is 0. The number of nitrogens with one attached hydrogen (secondary N) is 1. The first kappa shape index (κ1) is 10.3. The van der Waals surface area contributed by atoms with Crippen LogP contribution in [0.25, 0.3) is 0 Å². The summed E-state index contributed by atoms with van der Waals surface area (Å²) in [7, 11) is -3.26. The molecule has 1 saturated heterocycles. The molecule has 0 aliphatic carbocycles. The number of rotatable bonds is 2. The maximum absolute atomic E-state index is 11.3. The number of hydrogen-bond acceptors (Lipinski definition) is 4. The van der Waals surface area contributed by atoms with Gasteiger partial charge in [-0.2, -0.15) is 12.7 Å². The molecule has 0 radical (unpaired) electrons. The minimum Gasteiger partial charge on any atom is -0.233 e. The Morgan fingerprint density at radius 2 is 2.50 bits per heavy atom. The summed E-state index contributed by atoms with van der Waals surface area (Å²) in [6.45, 7) is 1.31. The molecule has 0 unspecified atom stereocenters. The highest BCUT2D eigenvalue weighted by Gasteiger charge is 2.27. The monoisotopic (exact) mass is 253 g/mol. The summed E-state index contributed by atoms with van der Waals surface area (Å²) >= 11 is 6.94. The molecule has 1 aromatic heterocycles. The molecule has 1 aromatic rings. The Kier molecular flexibility index (Phi) is 2.76. The lowest BCUT2D eigenvalue weighted by molar-refractivity contribution is 0.449. The second kappa shape index (κ2) is 3.74. The van der Waals surface area contributed by atoms with Gasteiger partial charge in [0.25, 0.3) is 10.2 Å². The summed E-state index contributed by atoms with van der Waals surface area (Å²) < 4.78 is 26.9. The van der Waals surface area contributed by atoms with Gasteiger partial charge in [-0.3, -0.25) is 0 Å². The Morgan fingerprint density at radius 3 is 3.00 bits per heavy atom. The lowest BCUT2D eigenvalue weighted by atomic mass is 10.5. The number of halogens is 1. The summed E-state index contributed by atoms with van der Waals surface area (Å²) in [5.41, 5.74) is 0. The lowest BCUT2D eigenvalue weighted by Gasteiger charge is -2.10. The van der Waals surface area contributed by atoms with Crippen molar-refractivity contribution in [2.24, 2.45) is 0 Å². The average Bonchev–Trinajstić information content (AvgIpc) is 2.61. The summed E-state index contributed by atoms with van der Waals surface area (Å²) in [4.78, 5) is 4.70. The van der Waals surface area contributed by atoms with Crippen LogP contribution in [0.2, 0.25) is 4.47 Å². The highest BCUT2D eigenvalue weighted by molar-refractivity contribution is 7.87. The van der Waals surface area contributed by atoms with Gasteiger partial charge in [0.15, 0.2) is 4.47 Å². The van der Waals surface area contributed by atoms with Gasteiger partial charge in [-0.25, -0.2) is 9.71 Å². The van der Waals surface area contributed by atoms with Crippen molar-refractivity contribution in [3.05, 3.63) is 15.5 Å². The molecule has 0 aromatic carbocycles. The molecule has 8 heteroatoms. The Balaban J connectivity index is 2.12. The normalized spacial score (nSPS) is 21.5. The van der Waals surface area contributed by atoms with E-state index in [1.54, 1.807) is 6.20 Å². The smallest absolute Gasteiger partial charge is 0.233 e. The number of hydrogen-bond donors (Lipinski definition) is 1. The molecule has 5 nitrogen and oxygen atoms in total. The molecule has 0 amide bonds. The molecule has 1 fully saturated rings. The highest BCUT2D eigenvalue weighted by atomic mass is 35.5. The van der Waals surface area contributed by atoms with Gasteiger partial charge >= 0.3 is 0 Å². The Hall–Kier alpha value is -0.210. The maximum atomic E-state index is 11.3. The Morgan fingerprint density at radius 1 is 1.71 bits per heavy atom. The van der Waals surface area contributed by atoms with E-state index in [1.807, 2.05) is 0 Å². The maximum Gasteiger partial charge on any atom is 0.279 e. The van der Waals surface area contributed by atoms with E-state index < -0.39 is 10.2 Å². The minimum atomic E-state index is -3.26. The van der Waals surface area contributed by atoms with E-state index >= 15 is 0 Å². The van der Waals surface area contributed by atoms with Crippen LogP contribution in [0.15, 0.2) is 6.20 Å². The van der Waals surface area contributed by atoms with Crippen LogP contribution >= 0.6 is 22.9 Å². The van der Waals surface area contributed by atoms with E-state index in [0.717, 1.165) is 4.88 Å². The van der Waals surface area contributed by atoms with Crippen molar-refractivity contribution in [3.63, 3.8) is 0 Å². The van der Waals surface area contributed by atoms with Gasteiger partial charge in [0, 0.05) is 24.2 Å². The topological polar surface area (TPSA) is 62.3 Å². The molecule has 0 spiro atoms. The first-order valence-corrected chi connectivity index (χ1v) is 6.56. The zero-order valence-electron chi connectivity index (χ0n) is 7.10. The quantitative estimate of drug-likeness (QED) is 0.832. The first-order valence-electron chi connectivity index (χ1n) is 3.93. The SMILES string of the molecule is O=S1(=O)NCCN1Cc1cnc(Cl)s1. The summed E-state index contributed by atoms with van der Waals surface area (Å²) in [6, 6.07) is 0. The van der Waals surface area contributed by atoms with Crippen LogP contribution in [0.3, 0.4) is 0 Å². The van der Waals surface area contributed by atoms with Crippen LogP contribution < -0.4 is 4.72 Å². The van der Waals surface area contributed by atoms with Crippen LogP contribution in [0.5, 0.6) is 0 Å². The van der Waals surface area contributed by atoms with Gasteiger partial charge in [0.05, 0.1) is 6.54 Å². The molecular weight excluding hydrogens is 246 g/mol. The second-order valence-electron chi connectivity index (χ2n) is 2.81. The van der Waals surface area contributed by atoms with Crippen molar-refractivity contribution in [2.75, 3.05) is 13.1 Å². The Labute approximate surface area is 90.9 Å². The van der Waals surface area contributed by atoms with Gasteiger partial charge in [0.1, 0.15) is 0 Å². The Bertz CT molecular complexity index is 430. The molecular formula is C6H8ClN3O2S2. The molecule has 0 bridgehead atoms. The largest absolute Gasteiger partial charge is 0.279 e. The van der Waals surface area contributed by atoms with Crippen molar-refractivity contribution >= 4 is 33.1 Å². The van der Waals surface area contributed by atoms with E-state index in [-0.39, 0.29) is 0 Å². The molecule has 78 valence electrons. The van der Waals surface area contributed by atoms with Gasteiger partial charge < -0.3 is 0 Å². The average molecular weight is 254 g/mol. The molecule has 1 aliphatic heterocycles. The zero-order valence-corrected chi connectivity index (χ0v) is 9.49. The molecule has 1 N–H and O–H groups in total. The first-order chi connectivity index (χ1) is 6.58. The molecule has 0 atom stereocenters. The van der Waals surface area contributed by atoms with Crippen molar-refractivity contribution < 1.29 is 8.42 Å². The van der Waals surface area contributed by atoms with Gasteiger partial charge in [0.2, 0.25) is 0 Å². The predicted octanol–water partition coefficient (Wildman–Crippen LogP) is 0.447. The lowest BCUT2D eigenvalue weighted by Crippen LogP contribution is -2.28. The molecule has 1 aliphatic rings. The predicted molar refractivity (Wildman–Crippen MR) is 54.5 cm³/mol. The van der Waals surface area contributed by atoms with E-state index in [2.05, 4.69) is 9.71 Å². The third kappa shape index (κ3) is 2.06. The highest BCUT2D eigenvalue weighted by Crippen LogP contribution is 2.20. The van der Waals surface area contributed by atoms with E-state index in [1.165, 1.54) is 15.6 Å². The van der Waals surface area contributed by atoms with Gasteiger partial charge in [-0.15, -0.1) is 11.3 Å². The summed E-state index contributed by atoms with van der Waals surface area (Å²) in [5, 5.41) is 0. The van der Waals surface area contributed by atoms with Gasteiger partial charge in [-0.05, 0) is 0 Å². The molecule has 2 rings (SSSR count). The fraction of sp³-hybridized carbons (Fsp3) is 0.500. The van der Waals surface area contributed by atoms with Crippen LogP contribution in [-0.2, 0) is 16.8 Å². The van der Waals surface area contributed by atoms with Crippen LogP contribution in [0.4, 0.5) is 0 Å². The number of nitrogens with zero attached hydrogens (tertiary/aromatic N) is 2. The van der Waals surface area contributed by atoms with Crippen molar-refractivity contribution in [2.45, 2.75) is 6.54 Å². The third-order valence-corrected chi connectivity index (χ3v) is 4.50. The van der Waals surface area contributed by atoms with Crippen LogP contribution in [0, 0.1) is 0 Å². The van der Waals surface area contributed by atoms with E-state index in [9.17, 15) is 8.42 Å². The van der Waals surface area contributed by atoms with Crippen molar-refractivity contribution in [3.8, 4) is 0 Å². The molecule has 2 heterocycles. The number of thiazole rings is 1. The van der Waals surface area contributed by atoms with Crippen molar-refractivity contribution in [1.29, 1.82) is 0 Å². The van der Waals surface area contributed by atoms with E-state index in [4.69, 9.17) is 11.6 Å². The summed E-state index contributed by atoms with van der Waals surface area (Å²) in [6.07, 6.45) is 1.60. The second-order valence-corrected chi connectivity index (χ2v) is 6.26. The third-order valence-electron chi connectivity index (χ3n) is 1.84. The van der Waals surface area contributed by atoms with Crippen LogP contribution in [0.1, 0.15) is 4.88 Å². The fourth-order valence-electron chi connectivity index (χ4n) is 1.21. The molecule has 14 heavy (non-hydrogen) atoms. The standard InChI is InChI=1S/C6H8ClN3O2S2/c7-6-8-3-5(13-6)4-10-2-1-9-14(10,11)12/h3,9H,1-2,4H2. The minimum absolute atomic E-state index is 0.347. The van der Waals surface area contributed by atoms with Crippen molar-refractivity contribution in [1.82, 2.24) is 14.0 Å². The van der Waals surface area contributed by atoms with E-state index in [0.29, 0.717) is 24.1 Å². The molecule has 0 saturated carbocycles. The van der Waals surface area contributed by atoms with Gasteiger partial charge in [-0.1, -0.05) is 11.6 Å². The van der Waals surface area contributed by atoms with Crippen LogP contribution in [-0.4, -0.2) is 30.8 Å². The fourth-order valence-corrected chi connectivity index (χ4v) is 3.45. The zero-order chi connectivity index (χ0) is 10.2.